The van der Waals surface area contributed by atoms with Gasteiger partial charge in [0.05, 0.1) is 54.4 Å². The Morgan fingerprint density at radius 2 is 1.72 bits per heavy atom. The number of ether oxygens (including phenoxy) is 3. The maximum atomic E-state index is 13.6. The smallest absolute Gasteiger partial charge is 0.410 e. The van der Waals surface area contributed by atoms with Gasteiger partial charge in [0.25, 0.3) is 0 Å². The summed E-state index contributed by atoms with van der Waals surface area (Å²) < 4.78 is 23.6. The van der Waals surface area contributed by atoms with Crippen LogP contribution in [0.3, 0.4) is 0 Å². The van der Waals surface area contributed by atoms with Gasteiger partial charge >= 0.3 is 12.1 Å². The lowest BCUT2D eigenvalue weighted by Gasteiger charge is -2.31. The van der Waals surface area contributed by atoms with Crippen LogP contribution in [0.2, 0.25) is 5.02 Å². The number of nitrogens with zero attached hydrogens (tertiary/aromatic N) is 6. The second-order valence-corrected chi connectivity index (χ2v) is 17.7. The van der Waals surface area contributed by atoms with Crippen LogP contribution in [0.4, 0.5) is 4.79 Å². The molecule has 5 heterocycles. The van der Waals surface area contributed by atoms with Crippen LogP contribution in [0.5, 0.6) is 5.75 Å². The van der Waals surface area contributed by atoms with Crippen LogP contribution in [-0.2, 0) is 60.3 Å². The first-order valence-corrected chi connectivity index (χ1v) is 22.2. The highest BCUT2D eigenvalue weighted by atomic mass is 35.5. The number of methoxy groups -OCH3 is 1. The topological polar surface area (TPSA) is 106 Å². The minimum atomic E-state index is -0.637. The standard InChI is InChI=1S/C42H45ClN6O5S2.C2H6/c1-42(2,3)54-41(51)48-15-16-49-34(21-48)37-33(45-49)24-55-22-26-19-27(47(5)44-26)23-56-28-18-25-10-7-8-11-29(25)35(20-28)53-17-9-12-30-31-13-14-32(43)36(37)38(31)46(4)39(30)40(50)52-6;1-2/h7-8,10-11,13-14,18-20H,9,12,15-17,21-24H2,1-6H3;1-2H3. The molecule has 2 aliphatic heterocycles. The van der Waals surface area contributed by atoms with E-state index in [9.17, 15) is 9.59 Å². The molecule has 11 nitrogen and oxygen atoms in total. The molecular weight excluding hydrogens is 792 g/mol. The third-order valence-electron chi connectivity index (χ3n) is 10.3. The zero-order valence-corrected chi connectivity index (χ0v) is 36.9. The highest BCUT2D eigenvalue weighted by Gasteiger charge is 2.33. The summed E-state index contributed by atoms with van der Waals surface area (Å²) in [4.78, 5) is 29.9. The molecule has 3 aromatic carbocycles. The number of benzene rings is 3. The lowest BCUT2D eigenvalue weighted by molar-refractivity contribution is 0.0194. The normalized spacial score (nSPS) is 14.8. The van der Waals surface area contributed by atoms with E-state index in [0.29, 0.717) is 61.3 Å². The largest absolute Gasteiger partial charge is 0.493 e. The van der Waals surface area contributed by atoms with Crippen LogP contribution in [0, 0.1) is 0 Å². The number of carbonyl (C=O) groups is 2. The van der Waals surface area contributed by atoms with E-state index < -0.39 is 11.6 Å². The van der Waals surface area contributed by atoms with E-state index in [1.165, 1.54) is 7.11 Å². The number of esters is 1. The van der Waals surface area contributed by atoms with Crippen LogP contribution in [0.1, 0.15) is 79.9 Å². The summed E-state index contributed by atoms with van der Waals surface area (Å²) >= 11 is 10.7. The summed E-state index contributed by atoms with van der Waals surface area (Å²) in [6.45, 7) is 11.3. The van der Waals surface area contributed by atoms with Crippen LogP contribution < -0.4 is 4.74 Å². The first-order valence-electron chi connectivity index (χ1n) is 19.7. The molecule has 2 aliphatic rings. The number of halogens is 1. The number of aryl methyl sites for hydroxylation is 3. The highest BCUT2D eigenvalue weighted by molar-refractivity contribution is 7.98. The SMILES string of the molecule is CC.COC(=O)c1c2c3ccc(Cl)c(c3n1C)-c1c(nn3c1CN(C(=O)OC(C)(C)C)CC3)CSCc1cc(n(C)n1)CSc1cc(c3ccccc3c1)OCCC2. The van der Waals surface area contributed by atoms with E-state index in [0.717, 1.165) is 77.5 Å². The average molecular weight is 844 g/mol. The van der Waals surface area contributed by atoms with E-state index in [1.54, 1.807) is 28.4 Å². The number of aromatic nitrogens is 5. The Hall–Kier alpha value is -4.59. The van der Waals surface area contributed by atoms with Crippen LogP contribution in [0.15, 0.2) is 59.5 Å². The fourth-order valence-corrected chi connectivity index (χ4v) is 9.84. The molecule has 8 bridgehead atoms. The first kappa shape index (κ1) is 41.6. The molecule has 0 fully saturated rings. The van der Waals surface area contributed by atoms with Gasteiger partial charge in [-0.25, -0.2) is 9.59 Å². The maximum absolute atomic E-state index is 13.6. The van der Waals surface area contributed by atoms with Crippen molar-refractivity contribution in [2.75, 3.05) is 20.3 Å². The van der Waals surface area contributed by atoms with Crippen molar-refractivity contribution in [1.82, 2.24) is 29.0 Å². The van der Waals surface area contributed by atoms with Crippen molar-refractivity contribution in [1.29, 1.82) is 0 Å². The van der Waals surface area contributed by atoms with Crippen LogP contribution in [0.25, 0.3) is 32.8 Å². The Morgan fingerprint density at radius 1 is 0.931 bits per heavy atom. The summed E-state index contributed by atoms with van der Waals surface area (Å²) in [5.74, 6) is 2.42. The van der Waals surface area contributed by atoms with Gasteiger partial charge in [-0.2, -0.15) is 10.2 Å². The van der Waals surface area contributed by atoms with E-state index in [2.05, 4.69) is 30.3 Å². The number of fused-ring (bicyclic) bond motifs is 10. The number of carbonyl (C=O) groups excluding carboxylic acids is 2. The van der Waals surface area contributed by atoms with Crippen molar-refractivity contribution < 1.29 is 23.8 Å². The Labute approximate surface area is 353 Å². The fourth-order valence-electron chi connectivity index (χ4n) is 7.76. The lowest BCUT2D eigenvalue weighted by Crippen LogP contribution is -2.41. The predicted octanol–water partition coefficient (Wildman–Crippen LogP) is 10.2. The van der Waals surface area contributed by atoms with Gasteiger partial charge in [-0.1, -0.05) is 55.8 Å². The molecular formula is C44H51ClN6O5S2. The lowest BCUT2D eigenvalue weighted by atomic mass is 9.97. The Morgan fingerprint density at radius 3 is 2.50 bits per heavy atom. The molecule has 0 radical (unpaired) electrons. The van der Waals surface area contributed by atoms with Gasteiger partial charge in [-0.3, -0.25) is 9.36 Å². The number of hydrogen-bond donors (Lipinski definition) is 0. The van der Waals surface area contributed by atoms with E-state index in [4.69, 9.17) is 36.0 Å². The zero-order valence-electron chi connectivity index (χ0n) is 34.5. The molecule has 0 N–H and O–H groups in total. The van der Waals surface area contributed by atoms with Gasteiger partial charge in [-0.15, -0.1) is 23.5 Å². The monoisotopic (exact) mass is 842 g/mol. The first-order chi connectivity index (χ1) is 27.9. The van der Waals surface area contributed by atoms with Gasteiger partial charge in [0.15, 0.2) is 0 Å². The van der Waals surface area contributed by atoms with Gasteiger partial charge in [0.2, 0.25) is 0 Å². The van der Waals surface area contributed by atoms with E-state index >= 15 is 0 Å². The summed E-state index contributed by atoms with van der Waals surface area (Å²) in [6.07, 6.45) is 0.847. The van der Waals surface area contributed by atoms with E-state index in [-0.39, 0.29) is 6.09 Å². The van der Waals surface area contributed by atoms with Crippen molar-refractivity contribution in [3.05, 3.63) is 93.7 Å². The molecule has 58 heavy (non-hydrogen) atoms. The third-order valence-corrected chi connectivity index (χ3v) is 12.6. The Balaban J connectivity index is 0.00000252. The van der Waals surface area contributed by atoms with E-state index in [1.807, 2.05) is 86.9 Å². The molecule has 14 heteroatoms. The minimum absolute atomic E-state index is 0.295. The van der Waals surface area contributed by atoms with Gasteiger partial charge in [-0.05, 0) is 68.8 Å². The fraction of sp³-hybridized carbons (Fsp3) is 0.409. The second-order valence-electron chi connectivity index (χ2n) is 15.2. The number of thioether (sulfide) groups is 2. The van der Waals surface area contributed by atoms with Gasteiger partial charge in [0, 0.05) is 70.4 Å². The minimum Gasteiger partial charge on any atom is -0.493 e. The zero-order chi connectivity index (χ0) is 41.3. The van der Waals surface area contributed by atoms with Crippen molar-refractivity contribution >= 4 is 68.9 Å². The number of hydrogen-bond acceptors (Lipinski definition) is 9. The highest BCUT2D eigenvalue weighted by Crippen LogP contribution is 2.44. The Kier molecular flexibility index (Phi) is 12.4. The van der Waals surface area contributed by atoms with Gasteiger partial charge < -0.3 is 23.7 Å². The second kappa shape index (κ2) is 17.3. The van der Waals surface area contributed by atoms with Gasteiger partial charge in [0.1, 0.15) is 17.0 Å². The Bertz CT molecular complexity index is 2500. The average Bonchev–Trinajstić information content (AvgIpc) is 3.84. The van der Waals surface area contributed by atoms with Crippen molar-refractivity contribution in [3.8, 4) is 16.9 Å². The molecule has 0 saturated carbocycles. The van der Waals surface area contributed by atoms with Crippen LogP contribution in [-0.4, -0.2) is 67.0 Å². The molecule has 1 amide bonds. The predicted molar refractivity (Wildman–Crippen MR) is 234 cm³/mol. The molecule has 0 aliphatic carbocycles. The summed E-state index contributed by atoms with van der Waals surface area (Å²) in [5, 5.41) is 13.6. The summed E-state index contributed by atoms with van der Waals surface area (Å²) in [5.41, 5.74) is 6.98. The van der Waals surface area contributed by atoms with Crippen LogP contribution >= 0.6 is 35.1 Å². The molecule has 6 aromatic rings. The summed E-state index contributed by atoms with van der Waals surface area (Å²) in [7, 11) is 5.29. The number of amides is 1. The quantitative estimate of drug-likeness (QED) is 0.150. The molecule has 306 valence electrons. The maximum Gasteiger partial charge on any atom is 0.410 e. The molecule has 3 aromatic heterocycles. The van der Waals surface area contributed by atoms with Crippen molar-refractivity contribution in [3.63, 3.8) is 0 Å². The number of rotatable bonds is 1. The third kappa shape index (κ3) is 8.31. The molecule has 8 rings (SSSR count). The van der Waals surface area contributed by atoms with Crippen molar-refractivity contribution in [2.45, 2.75) is 88.3 Å². The molecule has 0 spiro atoms. The van der Waals surface area contributed by atoms with Crippen molar-refractivity contribution in [2.24, 2.45) is 14.1 Å². The molecule has 0 unspecified atom stereocenters. The summed E-state index contributed by atoms with van der Waals surface area (Å²) in [6, 6.07) is 18.7. The molecule has 0 atom stereocenters. The molecule has 0 saturated heterocycles.